The standard InChI is InChI=1S/C17H20N2O2/c1-21-12-15-4-2-3-5-16(15)19-17(20)10-13-6-8-14(11-18)9-7-13/h2-9H,10-12,18H2,1H3,(H,19,20). The third-order valence-electron chi connectivity index (χ3n) is 3.21. The van der Waals surface area contributed by atoms with Gasteiger partial charge in [0.15, 0.2) is 0 Å². The summed E-state index contributed by atoms with van der Waals surface area (Å²) in [6.07, 6.45) is 0.339. The molecule has 1 amide bonds. The molecule has 2 aromatic rings. The summed E-state index contributed by atoms with van der Waals surface area (Å²) >= 11 is 0. The molecule has 0 radical (unpaired) electrons. The number of nitrogens with two attached hydrogens (primary N) is 1. The topological polar surface area (TPSA) is 64.3 Å². The fraction of sp³-hybridized carbons (Fsp3) is 0.235. The number of ether oxygens (including phenoxy) is 1. The van der Waals surface area contributed by atoms with Crippen LogP contribution in [0.1, 0.15) is 16.7 Å². The van der Waals surface area contributed by atoms with Crippen molar-refractivity contribution in [2.75, 3.05) is 12.4 Å². The molecule has 0 aliphatic carbocycles. The Labute approximate surface area is 124 Å². The lowest BCUT2D eigenvalue weighted by atomic mass is 10.1. The zero-order valence-corrected chi connectivity index (χ0v) is 12.1. The molecule has 0 aliphatic rings. The SMILES string of the molecule is COCc1ccccc1NC(=O)Cc1ccc(CN)cc1. The van der Waals surface area contributed by atoms with Crippen molar-refractivity contribution in [1.29, 1.82) is 0 Å². The zero-order chi connectivity index (χ0) is 15.1. The van der Waals surface area contributed by atoms with Crippen LogP contribution in [0.4, 0.5) is 5.69 Å². The van der Waals surface area contributed by atoms with Crippen LogP contribution in [-0.2, 0) is 29.1 Å². The van der Waals surface area contributed by atoms with Gasteiger partial charge >= 0.3 is 0 Å². The molecule has 2 rings (SSSR count). The van der Waals surface area contributed by atoms with E-state index in [4.69, 9.17) is 10.5 Å². The van der Waals surface area contributed by atoms with Gasteiger partial charge in [0, 0.05) is 24.9 Å². The summed E-state index contributed by atoms with van der Waals surface area (Å²) in [5, 5.41) is 2.93. The maximum Gasteiger partial charge on any atom is 0.228 e. The van der Waals surface area contributed by atoms with E-state index in [0.29, 0.717) is 19.6 Å². The molecule has 0 saturated heterocycles. The van der Waals surface area contributed by atoms with E-state index >= 15 is 0 Å². The summed E-state index contributed by atoms with van der Waals surface area (Å²) in [4.78, 5) is 12.1. The molecule has 21 heavy (non-hydrogen) atoms. The van der Waals surface area contributed by atoms with Gasteiger partial charge < -0.3 is 15.8 Å². The van der Waals surface area contributed by atoms with Crippen molar-refractivity contribution in [1.82, 2.24) is 0 Å². The first-order valence-corrected chi connectivity index (χ1v) is 6.87. The lowest BCUT2D eigenvalue weighted by molar-refractivity contribution is -0.115. The van der Waals surface area contributed by atoms with Crippen LogP contribution in [0, 0.1) is 0 Å². The van der Waals surface area contributed by atoms with E-state index in [1.165, 1.54) is 0 Å². The maximum absolute atomic E-state index is 12.1. The molecule has 2 aromatic carbocycles. The van der Waals surface area contributed by atoms with Gasteiger partial charge in [0.25, 0.3) is 0 Å². The van der Waals surface area contributed by atoms with Gasteiger partial charge in [0.1, 0.15) is 0 Å². The molecular formula is C17H20N2O2. The smallest absolute Gasteiger partial charge is 0.228 e. The van der Waals surface area contributed by atoms with Crippen LogP contribution in [0.2, 0.25) is 0 Å². The average Bonchev–Trinajstić information content (AvgIpc) is 2.50. The summed E-state index contributed by atoms with van der Waals surface area (Å²) in [7, 11) is 1.64. The zero-order valence-electron chi connectivity index (χ0n) is 12.1. The minimum atomic E-state index is -0.0425. The highest BCUT2D eigenvalue weighted by atomic mass is 16.5. The number of nitrogens with one attached hydrogen (secondary N) is 1. The molecule has 0 aromatic heterocycles. The van der Waals surface area contributed by atoms with Crippen LogP contribution in [0.15, 0.2) is 48.5 Å². The predicted octanol–water partition coefficient (Wildman–Crippen LogP) is 2.47. The Hall–Kier alpha value is -2.17. The summed E-state index contributed by atoms with van der Waals surface area (Å²) < 4.78 is 5.13. The van der Waals surface area contributed by atoms with Gasteiger partial charge in [0.05, 0.1) is 13.0 Å². The number of carbonyl (C=O) groups is 1. The average molecular weight is 284 g/mol. The molecule has 110 valence electrons. The predicted molar refractivity (Wildman–Crippen MR) is 83.8 cm³/mol. The normalized spacial score (nSPS) is 10.4. The van der Waals surface area contributed by atoms with Crippen molar-refractivity contribution < 1.29 is 9.53 Å². The summed E-state index contributed by atoms with van der Waals surface area (Å²) in [6.45, 7) is 0.985. The molecule has 4 heteroatoms. The monoisotopic (exact) mass is 284 g/mol. The highest BCUT2D eigenvalue weighted by Gasteiger charge is 2.07. The Morgan fingerprint density at radius 3 is 2.43 bits per heavy atom. The Bertz CT molecular complexity index is 594. The second kappa shape index (κ2) is 7.57. The molecule has 0 spiro atoms. The van der Waals surface area contributed by atoms with Crippen molar-refractivity contribution in [2.24, 2.45) is 5.73 Å². The van der Waals surface area contributed by atoms with Gasteiger partial charge in [0.2, 0.25) is 5.91 Å². The number of hydrogen-bond acceptors (Lipinski definition) is 3. The second-order valence-electron chi connectivity index (χ2n) is 4.84. The van der Waals surface area contributed by atoms with E-state index in [2.05, 4.69) is 5.32 Å². The number of methoxy groups -OCH3 is 1. The van der Waals surface area contributed by atoms with Crippen molar-refractivity contribution in [3.05, 3.63) is 65.2 Å². The quantitative estimate of drug-likeness (QED) is 0.856. The Morgan fingerprint density at radius 1 is 1.10 bits per heavy atom. The number of anilines is 1. The van der Waals surface area contributed by atoms with Crippen molar-refractivity contribution >= 4 is 11.6 Å². The second-order valence-corrected chi connectivity index (χ2v) is 4.84. The van der Waals surface area contributed by atoms with Crippen LogP contribution in [0.5, 0.6) is 0 Å². The van der Waals surface area contributed by atoms with Crippen molar-refractivity contribution in [2.45, 2.75) is 19.6 Å². The Kier molecular flexibility index (Phi) is 5.49. The van der Waals surface area contributed by atoms with Gasteiger partial charge in [-0.15, -0.1) is 0 Å². The first-order chi connectivity index (χ1) is 10.2. The van der Waals surface area contributed by atoms with Crippen LogP contribution < -0.4 is 11.1 Å². The van der Waals surface area contributed by atoms with Crippen molar-refractivity contribution in [3.8, 4) is 0 Å². The lowest BCUT2D eigenvalue weighted by Gasteiger charge is -2.10. The molecule has 0 saturated carbocycles. The molecule has 4 nitrogen and oxygen atoms in total. The minimum absolute atomic E-state index is 0.0425. The molecule has 0 aliphatic heterocycles. The Balaban J connectivity index is 2.01. The van der Waals surface area contributed by atoms with E-state index in [9.17, 15) is 4.79 Å². The van der Waals surface area contributed by atoms with Crippen molar-refractivity contribution in [3.63, 3.8) is 0 Å². The number of para-hydroxylation sites is 1. The fourth-order valence-electron chi connectivity index (χ4n) is 2.10. The fourth-order valence-corrected chi connectivity index (χ4v) is 2.10. The van der Waals surface area contributed by atoms with Crippen LogP contribution >= 0.6 is 0 Å². The highest BCUT2D eigenvalue weighted by Crippen LogP contribution is 2.16. The van der Waals surface area contributed by atoms with E-state index in [-0.39, 0.29) is 5.91 Å². The van der Waals surface area contributed by atoms with Gasteiger partial charge in [-0.05, 0) is 17.2 Å². The number of rotatable bonds is 6. The van der Waals surface area contributed by atoms with Gasteiger partial charge in [-0.25, -0.2) is 0 Å². The molecule has 0 fully saturated rings. The molecule has 0 unspecified atom stereocenters. The van der Waals surface area contributed by atoms with Gasteiger partial charge in [-0.1, -0.05) is 42.5 Å². The number of amides is 1. The molecular weight excluding hydrogens is 264 g/mol. The molecule has 0 heterocycles. The number of hydrogen-bond donors (Lipinski definition) is 2. The summed E-state index contributed by atoms with van der Waals surface area (Å²) in [5.74, 6) is -0.0425. The first-order valence-electron chi connectivity index (χ1n) is 6.87. The minimum Gasteiger partial charge on any atom is -0.380 e. The van der Waals surface area contributed by atoms with E-state index in [1.807, 2.05) is 48.5 Å². The maximum atomic E-state index is 12.1. The summed E-state index contributed by atoms with van der Waals surface area (Å²) in [5.41, 5.74) is 9.34. The number of benzene rings is 2. The third kappa shape index (κ3) is 4.41. The van der Waals surface area contributed by atoms with Crippen LogP contribution in [0.3, 0.4) is 0 Å². The summed E-state index contributed by atoms with van der Waals surface area (Å²) in [6, 6.07) is 15.4. The van der Waals surface area contributed by atoms with E-state index in [1.54, 1.807) is 7.11 Å². The van der Waals surface area contributed by atoms with Crippen LogP contribution in [-0.4, -0.2) is 13.0 Å². The van der Waals surface area contributed by atoms with E-state index in [0.717, 1.165) is 22.4 Å². The molecule has 3 N–H and O–H groups in total. The van der Waals surface area contributed by atoms with Gasteiger partial charge in [-0.3, -0.25) is 4.79 Å². The van der Waals surface area contributed by atoms with E-state index < -0.39 is 0 Å². The first kappa shape index (κ1) is 15.2. The number of carbonyl (C=O) groups excluding carboxylic acids is 1. The highest BCUT2D eigenvalue weighted by molar-refractivity contribution is 5.92. The van der Waals surface area contributed by atoms with Gasteiger partial charge in [-0.2, -0.15) is 0 Å². The Morgan fingerprint density at radius 2 is 1.76 bits per heavy atom. The largest absolute Gasteiger partial charge is 0.380 e. The molecule has 0 bridgehead atoms. The lowest BCUT2D eigenvalue weighted by Crippen LogP contribution is -2.15. The van der Waals surface area contributed by atoms with Crippen LogP contribution in [0.25, 0.3) is 0 Å². The third-order valence-corrected chi connectivity index (χ3v) is 3.21. The molecule has 0 atom stereocenters.